The van der Waals surface area contributed by atoms with E-state index in [1.54, 1.807) is 0 Å². The summed E-state index contributed by atoms with van der Waals surface area (Å²) in [6.07, 6.45) is 0. The lowest BCUT2D eigenvalue weighted by Gasteiger charge is -2.19. The lowest BCUT2D eigenvalue weighted by atomic mass is 9.97. The number of aromatic carboxylic acids is 1. The van der Waals surface area contributed by atoms with Gasteiger partial charge in [0.15, 0.2) is 11.5 Å². The van der Waals surface area contributed by atoms with Crippen LogP contribution in [0.4, 0.5) is 0 Å². The molecule has 0 radical (unpaired) electrons. The van der Waals surface area contributed by atoms with Gasteiger partial charge in [-0.15, -0.1) is 0 Å². The fraction of sp³-hybridized carbons (Fsp3) is 0.417. The van der Waals surface area contributed by atoms with Gasteiger partial charge in [-0.3, -0.25) is 0 Å². The normalized spacial score (nSPS) is 17.4. The molecule has 5 heteroatoms. The minimum absolute atomic E-state index is 0.0954. The van der Waals surface area contributed by atoms with Crippen molar-refractivity contribution in [3.8, 4) is 11.5 Å². The van der Waals surface area contributed by atoms with Crippen molar-refractivity contribution in [3.63, 3.8) is 0 Å². The maximum Gasteiger partial charge on any atom is 0.335 e. The zero-order valence-electron chi connectivity index (χ0n) is 9.62. The number of carboxylic acids is 1. The van der Waals surface area contributed by atoms with E-state index >= 15 is 0 Å². The Morgan fingerprint density at radius 3 is 2.65 bits per heavy atom. The van der Waals surface area contributed by atoms with Gasteiger partial charge in [-0.2, -0.15) is 0 Å². The Morgan fingerprint density at radius 2 is 2.00 bits per heavy atom. The van der Waals surface area contributed by atoms with Crippen LogP contribution in [0.5, 0.6) is 11.5 Å². The van der Waals surface area contributed by atoms with Crippen molar-refractivity contribution in [1.29, 1.82) is 0 Å². The zero-order chi connectivity index (χ0) is 12.6. The van der Waals surface area contributed by atoms with Crippen molar-refractivity contribution in [1.82, 2.24) is 0 Å². The summed E-state index contributed by atoms with van der Waals surface area (Å²) < 4.78 is 11.9. The van der Waals surface area contributed by atoms with E-state index in [1.165, 1.54) is 12.1 Å². The molecule has 0 fully saturated rings. The van der Waals surface area contributed by atoms with E-state index in [2.05, 4.69) is 15.9 Å². The Bertz CT molecular complexity index is 468. The van der Waals surface area contributed by atoms with Gasteiger partial charge in [-0.05, 0) is 28.1 Å². The summed E-state index contributed by atoms with van der Waals surface area (Å²) >= 11 is 3.31. The maximum atomic E-state index is 10.9. The summed E-state index contributed by atoms with van der Waals surface area (Å²) in [7, 11) is 0. The van der Waals surface area contributed by atoms with Gasteiger partial charge < -0.3 is 14.6 Å². The van der Waals surface area contributed by atoms with Gasteiger partial charge in [0, 0.05) is 5.41 Å². The zero-order valence-corrected chi connectivity index (χ0v) is 11.2. The summed E-state index contributed by atoms with van der Waals surface area (Å²) in [5.41, 5.74) is 0.0842. The van der Waals surface area contributed by atoms with Crippen molar-refractivity contribution in [2.75, 3.05) is 13.2 Å². The van der Waals surface area contributed by atoms with Crippen molar-refractivity contribution >= 4 is 21.9 Å². The molecule has 92 valence electrons. The first-order valence-corrected chi connectivity index (χ1v) is 6.01. The predicted octanol–water partition coefficient (Wildman–Crippen LogP) is 2.94. The lowest BCUT2D eigenvalue weighted by molar-refractivity contribution is 0.0696. The largest absolute Gasteiger partial charge is 0.489 e. The first kappa shape index (κ1) is 12.2. The third-order valence-corrected chi connectivity index (χ3v) is 3.07. The first-order valence-electron chi connectivity index (χ1n) is 5.21. The number of rotatable bonds is 1. The van der Waals surface area contributed by atoms with Crippen LogP contribution >= 0.6 is 15.9 Å². The Morgan fingerprint density at radius 1 is 1.35 bits per heavy atom. The van der Waals surface area contributed by atoms with Gasteiger partial charge in [0.2, 0.25) is 0 Å². The van der Waals surface area contributed by atoms with Crippen LogP contribution in [0, 0.1) is 5.41 Å². The van der Waals surface area contributed by atoms with Crippen LogP contribution in [-0.2, 0) is 0 Å². The van der Waals surface area contributed by atoms with Crippen LogP contribution in [-0.4, -0.2) is 24.3 Å². The highest BCUT2D eigenvalue weighted by Crippen LogP contribution is 2.40. The molecule has 0 amide bonds. The number of benzene rings is 1. The van der Waals surface area contributed by atoms with E-state index in [0.717, 1.165) is 0 Å². The maximum absolute atomic E-state index is 10.9. The van der Waals surface area contributed by atoms with Crippen LogP contribution in [0.2, 0.25) is 0 Å². The molecular formula is C12H13BrO4. The monoisotopic (exact) mass is 300 g/mol. The second-order valence-corrected chi connectivity index (χ2v) is 5.69. The minimum Gasteiger partial charge on any atom is -0.489 e. The molecular weight excluding hydrogens is 288 g/mol. The predicted molar refractivity (Wildman–Crippen MR) is 65.9 cm³/mol. The quantitative estimate of drug-likeness (QED) is 0.866. The highest BCUT2D eigenvalue weighted by atomic mass is 79.9. The van der Waals surface area contributed by atoms with Crippen LogP contribution in [0.3, 0.4) is 0 Å². The number of hydrogen-bond donors (Lipinski definition) is 1. The second-order valence-electron chi connectivity index (χ2n) is 4.83. The standard InChI is InChI=1S/C12H13BrO4/c1-12(2)5-16-9-4-7(11(14)15)3-8(13)10(9)17-6-12/h3-4H,5-6H2,1-2H3,(H,14,15). The second kappa shape index (κ2) is 4.22. The van der Waals surface area contributed by atoms with Gasteiger partial charge >= 0.3 is 5.97 Å². The van der Waals surface area contributed by atoms with Gasteiger partial charge in [0.1, 0.15) is 0 Å². The molecule has 17 heavy (non-hydrogen) atoms. The van der Waals surface area contributed by atoms with E-state index < -0.39 is 5.97 Å². The van der Waals surface area contributed by atoms with Gasteiger partial charge in [0.25, 0.3) is 0 Å². The molecule has 0 spiro atoms. The van der Waals surface area contributed by atoms with Crippen molar-refractivity contribution in [3.05, 3.63) is 22.2 Å². The molecule has 1 aliphatic rings. The smallest absolute Gasteiger partial charge is 0.335 e. The Labute approximate surface area is 108 Å². The van der Waals surface area contributed by atoms with Crippen LogP contribution in [0.1, 0.15) is 24.2 Å². The third kappa shape index (κ3) is 2.54. The molecule has 0 aromatic heterocycles. The van der Waals surface area contributed by atoms with Gasteiger partial charge in [-0.25, -0.2) is 4.79 Å². The summed E-state index contributed by atoms with van der Waals surface area (Å²) in [5, 5.41) is 8.97. The lowest BCUT2D eigenvalue weighted by Crippen LogP contribution is -2.26. The molecule has 1 aliphatic heterocycles. The SMILES string of the molecule is CC1(C)COc2cc(C(=O)O)cc(Br)c2OC1. The van der Waals surface area contributed by atoms with Crippen molar-refractivity contribution in [2.45, 2.75) is 13.8 Å². The average Bonchev–Trinajstić information content (AvgIpc) is 2.38. The summed E-state index contributed by atoms with van der Waals surface area (Å²) in [6.45, 7) is 5.09. The highest BCUT2D eigenvalue weighted by molar-refractivity contribution is 9.10. The Kier molecular flexibility index (Phi) is 3.03. The molecule has 1 heterocycles. The van der Waals surface area contributed by atoms with E-state index in [-0.39, 0.29) is 11.0 Å². The van der Waals surface area contributed by atoms with Crippen LogP contribution in [0.25, 0.3) is 0 Å². The molecule has 0 bridgehead atoms. The third-order valence-electron chi connectivity index (χ3n) is 2.48. The van der Waals surface area contributed by atoms with Gasteiger partial charge in [-0.1, -0.05) is 13.8 Å². The number of halogens is 1. The fourth-order valence-electron chi connectivity index (χ4n) is 1.52. The average molecular weight is 301 g/mol. The summed E-state index contributed by atoms with van der Waals surface area (Å²) in [6, 6.07) is 3.01. The van der Waals surface area contributed by atoms with Crippen molar-refractivity contribution < 1.29 is 19.4 Å². The summed E-state index contributed by atoms with van der Waals surface area (Å²) in [4.78, 5) is 10.9. The van der Waals surface area contributed by atoms with Gasteiger partial charge in [0.05, 0.1) is 23.2 Å². The molecule has 0 atom stereocenters. The molecule has 0 saturated carbocycles. The number of carboxylic acid groups (broad SMARTS) is 1. The minimum atomic E-state index is -0.986. The van der Waals surface area contributed by atoms with Crippen LogP contribution < -0.4 is 9.47 Å². The molecule has 4 nitrogen and oxygen atoms in total. The van der Waals surface area contributed by atoms with E-state index in [1.807, 2.05) is 13.8 Å². The van der Waals surface area contributed by atoms with E-state index in [9.17, 15) is 4.79 Å². The molecule has 1 aromatic rings. The number of ether oxygens (including phenoxy) is 2. The molecule has 2 rings (SSSR count). The van der Waals surface area contributed by atoms with E-state index in [0.29, 0.717) is 29.2 Å². The molecule has 0 saturated heterocycles. The topological polar surface area (TPSA) is 55.8 Å². The highest BCUT2D eigenvalue weighted by Gasteiger charge is 2.27. The molecule has 0 unspecified atom stereocenters. The number of carbonyl (C=O) groups is 1. The molecule has 1 aromatic carbocycles. The Balaban J connectivity index is 2.43. The fourth-order valence-corrected chi connectivity index (χ4v) is 2.08. The van der Waals surface area contributed by atoms with Crippen molar-refractivity contribution in [2.24, 2.45) is 5.41 Å². The summed E-state index contributed by atoms with van der Waals surface area (Å²) in [5.74, 6) is 0.0588. The molecule has 0 aliphatic carbocycles. The number of hydrogen-bond acceptors (Lipinski definition) is 3. The van der Waals surface area contributed by atoms with E-state index in [4.69, 9.17) is 14.6 Å². The first-order chi connectivity index (χ1) is 7.89. The van der Waals surface area contributed by atoms with Crippen LogP contribution in [0.15, 0.2) is 16.6 Å². The Hall–Kier alpha value is -1.23. The number of fused-ring (bicyclic) bond motifs is 1. The molecule has 1 N–H and O–H groups in total.